The first kappa shape index (κ1) is 6.33. The summed E-state index contributed by atoms with van der Waals surface area (Å²) in [4.78, 5) is 0. The molecule has 1 aromatic heterocycles. The zero-order chi connectivity index (χ0) is 6.69. The molecule has 0 aliphatic rings. The molecule has 0 bridgehead atoms. The van der Waals surface area contributed by atoms with Gasteiger partial charge >= 0.3 is 0 Å². The Balaban J connectivity index is 2.61. The van der Waals surface area contributed by atoms with Gasteiger partial charge in [0.25, 0.3) is 0 Å². The van der Waals surface area contributed by atoms with Crippen LogP contribution >= 0.6 is 0 Å². The van der Waals surface area contributed by atoms with E-state index in [0.29, 0.717) is 0 Å². The molecular formula is C7H11NO. The summed E-state index contributed by atoms with van der Waals surface area (Å²) in [5, 5.41) is 3.76. The van der Waals surface area contributed by atoms with Crippen molar-refractivity contribution in [3.8, 4) is 0 Å². The Bertz CT molecular complexity index is 181. The lowest BCUT2D eigenvalue weighted by molar-refractivity contribution is 0.378. The van der Waals surface area contributed by atoms with Crippen molar-refractivity contribution in [3.63, 3.8) is 0 Å². The van der Waals surface area contributed by atoms with Crippen LogP contribution in [0.4, 0.5) is 0 Å². The van der Waals surface area contributed by atoms with E-state index < -0.39 is 0 Å². The number of hydrogen-bond donors (Lipinski definition) is 0. The predicted octanol–water partition coefficient (Wildman–Crippen LogP) is 1.94. The van der Waals surface area contributed by atoms with Crippen molar-refractivity contribution in [2.75, 3.05) is 0 Å². The molecule has 1 aromatic rings. The van der Waals surface area contributed by atoms with Crippen LogP contribution in [0.2, 0.25) is 0 Å². The van der Waals surface area contributed by atoms with Crippen LogP contribution in [-0.4, -0.2) is 5.16 Å². The number of hydrogen-bond acceptors (Lipinski definition) is 2. The Morgan fingerprint density at radius 2 is 2.44 bits per heavy atom. The van der Waals surface area contributed by atoms with E-state index >= 15 is 0 Å². The molecular weight excluding hydrogens is 114 g/mol. The van der Waals surface area contributed by atoms with Crippen LogP contribution < -0.4 is 0 Å². The molecule has 2 nitrogen and oxygen atoms in total. The van der Waals surface area contributed by atoms with Gasteiger partial charge in [0, 0.05) is 12.5 Å². The minimum atomic E-state index is 0.971. The number of aryl methyl sites for hydroxylation is 2. The Morgan fingerprint density at radius 1 is 1.67 bits per heavy atom. The Morgan fingerprint density at radius 3 is 2.89 bits per heavy atom. The van der Waals surface area contributed by atoms with Gasteiger partial charge in [-0.15, -0.1) is 0 Å². The third-order valence-electron chi connectivity index (χ3n) is 1.17. The van der Waals surface area contributed by atoms with Gasteiger partial charge in [-0.25, -0.2) is 0 Å². The molecule has 2 heteroatoms. The lowest BCUT2D eigenvalue weighted by atomic mass is 10.2. The SMILES string of the molecule is CCCc1cc(C)no1. The molecule has 1 rings (SSSR count). The molecule has 1 heterocycles. The molecule has 0 aliphatic heterocycles. The summed E-state index contributed by atoms with van der Waals surface area (Å²) in [7, 11) is 0. The Hall–Kier alpha value is -0.790. The van der Waals surface area contributed by atoms with Crippen molar-refractivity contribution in [2.45, 2.75) is 26.7 Å². The smallest absolute Gasteiger partial charge is 0.136 e. The van der Waals surface area contributed by atoms with Crippen LogP contribution in [0.1, 0.15) is 24.8 Å². The van der Waals surface area contributed by atoms with Gasteiger partial charge < -0.3 is 4.52 Å². The maximum atomic E-state index is 4.95. The molecule has 0 saturated carbocycles. The maximum absolute atomic E-state index is 4.95. The van der Waals surface area contributed by atoms with E-state index in [-0.39, 0.29) is 0 Å². The maximum Gasteiger partial charge on any atom is 0.136 e. The lowest BCUT2D eigenvalue weighted by Crippen LogP contribution is -1.74. The molecule has 0 radical (unpaired) electrons. The van der Waals surface area contributed by atoms with E-state index in [1.165, 1.54) is 0 Å². The molecule has 0 saturated heterocycles. The summed E-state index contributed by atoms with van der Waals surface area (Å²) in [6.07, 6.45) is 2.12. The second-order valence-electron chi connectivity index (χ2n) is 2.18. The molecule has 0 amide bonds. The highest BCUT2D eigenvalue weighted by Gasteiger charge is 1.96. The van der Waals surface area contributed by atoms with E-state index in [1.54, 1.807) is 0 Å². The first-order chi connectivity index (χ1) is 4.33. The average Bonchev–Trinajstić information content (AvgIpc) is 2.17. The number of nitrogens with zero attached hydrogens (tertiary/aromatic N) is 1. The molecule has 0 unspecified atom stereocenters. The summed E-state index contributed by atoms with van der Waals surface area (Å²) in [6, 6.07) is 1.98. The van der Waals surface area contributed by atoms with Gasteiger partial charge in [0.2, 0.25) is 0 Å². The average molecular weight is 125 g/mol. The summed E-state index contributed by atoms with van der Waals surface area (Å²) in [6.45, 7) is 4.06. The van der Waals surface area contributed by atoms with E-state index in [1.807, 2.05) is 13.0 Å². The normalized spacial score (nSPS) is 10.0. The summed E-state index contributed by atoms with van der Waals surface area (Å²) >= 11 is 0. The monoisotopic (exact) mass is 125 g/mol. The summed E-state index contributed by atoms with van der Waals surface area (Å²) in [5.74, 6) is 0.995. The first-order valence-corrected chi connectivity index (χ1v) is 3.25. The van der Waals surface area contributed by atoms with Crippen molar-refractivity contribution in [2.24, 2.45) is 0 Å². The summed E-state index contributed by atoms with van der Waals surface area (Å²) < 4.78 is 4.95. The van der Waals surface area contributed by atoms with Gasteiger partial charge in [0.1, 0.15) is 5.76 Å². The number of aromatic nitrogens is 1. The van der Waals surface area contributed by atoms with Crippen molar-refractivity contribution < 1.29 is 4.52 Å². The molecule has 0 aliphatic carbocycles. The van der Waals surface area contributed by atoms with Crippen LogP contribution in [-0.2, 0) is 6.42 Å². The van der Waals surface area contributed by atoms with Crippen LogP contribution in [0.25, 0.3) is 0 Å². The van der Waals surface area contributed by atoms with Crippen LogP contribution in [0, 0.1) is 6.92 Å². The second kappa shape index (κ2) is 2.67. The molecule has 0 fully saturated rings. The Kier molecular flexibility index (Phi) is 1.88. The molecule has 9 heavy (non-hydrogen) atoms. The van der Waals surface area contributed by atoms with Crippen molar-refractivity contribution in [3.05, 3.63) is 17.5 Å². The zero-order valence-corrected chi connectivity index (χ0v) is 5.85. The molecule has 0 N–H and O–H groups in total. The topological polar surface area (TPSA) is 26.0 Å². The molecule has 0 spiro atoms. The first-order valence-electron chi connectivity index (χ1n) is 3.25. The van der Waals surface area contributed by atoms with Crippen LogP contribution in [0.5, 0.6) is 0 Å². The van der Waals surface area contributed by atoms with Crippen molar-refractivity contribution >= 4 is 0 Å². The second-order valence-corrected chi connectivity index (χ2v) is 2.18. The highest BCUT2D eigenvalue weighted by molar-refractivity contribution is 5.02. The molecule has 0 atom stereocenters. The highest BCUT2D eigenvalue weighted by atomic mass is 16.5. The predicted molar refractivity (Wildman–Crippen MR) is 35.2 cm³/mol. The van der Waals surface area contributed by atoms with Gasteiger partial charge in [0.05, 0.1) is 5.69 Å². The Labute approximate surface area is 54.9 Å². The fourth-order valence-electron chi connectivity index (χ4n) is 0.781. The van der Waals surface area contributed by atoms with Gasteiger partial charge in [-0.1, -0.05) is 12.1 Å². The minimum absolute atomic E-state index is 0.971. The van der Waals surface area contributed by atoms with Gasteiger partial charge in [0.15, 0.2) is 0 Å². The highest BCUT2D eigenvalue weighted by Crippen LogP contribution is 2.03. The van der Waals surface area contributed by atoms with Crippen molar-refractivity contribution in [1.82, 2.24) is 5.16 Å². The van der Waals surface area contributed by atoms with Crippen LogP contribution in [0.15, 0.2) is 10.6 Å². The third-order valence-corrected chi connectivity index (χ3v) is 1.17. The fourth-order valence-corrected chi connectivity index (χ4v) is 0.781. The standard InChI is InChI=1S/C7H11NO/c1-3-4-7-5-6(2)8-9-7/h5H,3-4H2,1-2H3. The fraction of sp³-hybridized carbons (Fsp3) is 0.571. The molecule has 50 valence electrons. The van der Waals surface area contributed by atoms with E-state index in [4.69, 9.17) is 4.52 Å². The van der Waals surface area contributed by atoms with Gasteiger partial charge in [-0.3, -0.25) is 0 Å². The van der Waals surface area contributed by atoms with Crippen molar-refractivity contribution in [1.29, 1.82) is 0 Å². The summed E-state index contributed by atoms with van der Waals surface area (Å²) in [5.41, 5.74) is 0.971. The quantitative estimate of drug-likeness (QED) is 0.603. The van der Waals surface area contributed by atoms with E-state index in [2.05, 4.69) is 12.1 Å². The largest absolute Gasteiger partial charge is 0.361 e. The lowest BCUT2D eigenvalue weighted by Gasteiger charge is -1.83. The van der Waals surface area contributed by atoms with E-state index in [0.717, 1.165) is 24.3 Å². The van der Waals surface area contributed by atoms with E-state index in [9.17, 15) is 0 Å². The van der Waals surface area contributed by atoms with Crippen LogP contribution in [0.3, 0.4) is 0 Å². The minimum Gasteiger partial charge on any atom is -0.361 e. The number of rotatable bonds is 2. The van der Waals surface area contributed by atoms with Gasteiger partial charge in [-0.2, -0.15) is 0 Å². The van der Waals surface area contributed by atoms with Gasteiger partial charge in [-0.05, 0) is 13.3 Å². The zero-order valence-electron chi connectivity index (χ0n) is 5.85. The molecule has 0 aromatic carbocycles. The third kappa shape index (κ3) is 1.56.